The van der Waals surface area contributed by atoms with Crippen LogP contribution in [0.4, 0.5) is 0 Å². The lowest BCUT2D eigenvalue weighted by Gasteiger charge is -2.34. The molecule has 0 amide bonds. The Morgan fingerprint density at radius 2 is 1.77 bits per heavy atom. The van der Waals surface area contributed by atoms with E-state index in [4.69, 9.17) is 4.74 Å². The summed E-state index contributed by atoms with van der Waals surface area (Å²) in [5, 5.41) is 9.77. The molecule has 0 bridgehead atoms. The number of benzene rings is 2. The first-order chi connectivity index (χ1) is 12.4. The standard InChI is InChI=1S/C19H19NO5S/c1-25-15-9-11-16(12-10-15)26(23,24)20-13-5-8-17(18(20)19(21)22)14-6-3-2-4-7-14/h2-12,17-18H,13H2,1H3,(H,21,22)/t17-,18-/m1/s1. The van der Waals surface area contributed by atoms with Crippen molar-refractivity contribution in [3.8, 4) is 5.75 Å². The number of hydrogen-bond acceptors (Lipinski definition) is 4. The molecule has 26 heavy (non-hydrogen) atoms. The average molecular weight is 373 g/mol. The SMILES string of the molecule is COc1ccc(S(=O)(=O)N2CC=C[C@H](c3ccccc3)[C@@H]2C(=O)O)cc1. The topological polar surface area (TPSA) is 83.9 Å². The van der Waals surface area contributed by atoms with Crippen molar-refractivity contribution in [3.63, 3.8) is 0 Å². The Hall–Kier alpha value is -2.64. The maximum Gasteiger partial charge on any atom is 0.323 e. The molecule has 1 N–H and O–H groups in total. The van der Waals surface area contributed by atoms with Crippen molar-refractivity contribution in [2.75, 3.05) is 13.7 Å². The minimum Gasteiger partial charge on any atom is -0.497 e. The Kier molecular flexibility index (Phi) is 5.11. The molecule has 7 heteroatoms. The third-order valence-corrected chi connectivity index (χ3v) is 6.24. The number of carbonyl (C=O) groups is 1. The first kappa shape index (κ1) is 18.2. The van der Waals surface area contributed by atoms with Gasteiger partial charge in [-0.2, -0.15) is 4.31 Å². The number of sulfonamides is 1. The Bertz CT molecular complexity index is 907. The van der Waals surface area contributed by atoms with E-state index < -0.39 is 28.0 Å². The molecule has 0 aliphatic carbocycles. The fourth-order valence-electron chi connectivity index (χ4n) is 3.09. The van der Waals surface area contributed by atoms with Crippen molar-refractivity contribution in [3.05, 3.63) is 72.3 Å². The lowest BCUT2D eigenvalue weighted by molar-refractivity contribution is -0.142. The van der Waals surface area contributed by atoms with Gasteiger partial charge in [0.15, 0.2) is 0 Å². The average Bonchev–Trinajstić information content (AvgIpc) is 2.68. The van der Waals surface area contributed by atoms with Crippen LogP contribution in [0.3, 0.4) is 0 Å². The molecule has 6 nitrogen and oxygen atoms in total. The van der Waals surface area contributed by atoms with Gasteiger partial charge in [-0.1, -0.05) is 42.5 Å². The van der Waals surface area contributed by atoms with Crippen LogP contribution in [0.5, 0.6) is 5.75 Å². The summed E-state index contributed by atoms with van der Waals surface area (Å²) in [5.41, 5.74) is 0.755. The molecule has 0 unspecified atom stereocenters. The Labute approximate surface area is 152 Å². The number of carboxylic acid groups (broad SMARTS) is 1. The third-order valence-electron chi connectivity index (χ3n) is 4.38. The minimum absolute atomic E-state index is 0.00859. The highest BCUT2D eigenvalue weighted by Gasteiger charge is 2.42. The van der Waals surface area contributed by atoms with Gasteiger partial charge >= 0.3 is 5.97 Å². The van der Waals surface area contributed by atoms with Crippen molar-refractivity contribution in [1.29, 1.82) is 0 Å². The molecule has 0 radical (unpaired) electrons. The Morgan fingerprint density at radius 3 is 2.35 bits per heavy atom. The van der Waals surface area contributed by atoms with Gasteiger partial charge in [0.25, 0.3) is 0 Å². The second-order valence-corrected chi connectivity index (χ2v) is 7.79. The van der Waals surface area contributed by atoms with Crippen LogP contribution in [0.2, 0.25) is 0 Å². The zero-order chi connectivity index (χ0) is 18.7. The van der Waals surface area contributed by atoms with E-state index >= 15 is 0 Å². The molecule has 2 aromatic carbocycles. The molecule has 0 aromatic heterocycles. The smallest absolute Gasteiger partial charge is 0.323 e. The second kappa shape index (κ2) is 7.31. The fraction of sp³-hybridized carbons (Fsp3) is 0.211. The number of hydrogen-bond donors (Lipinski definition) is 1. The number of carboxylic acids is 1. The maximum atomic E-state index is 13.1. The third kappa shape index (κ3) is 3.36. The molecule has 0 saturated heterocycles. The number of methoxy groups -OCH3 is 1. The van der Waals surface area contributed by atoms with E-state index in [0.29, 0.717) is 5.75 Å². The summed E-state index contributed by atoms with van der Waals surface area (Å²) in [6.45, 7) is 0.00859. The van der Waals surface area contributed by atoms with E-state index in [-0.39, 0.29) is 11.4 Å². The molecular formula is C19H19NO5S. The summed E-state index contributed by atoms with van der Waals surface area (Å²) in [7, 11) is -2.49. The van der Waals surface area contributed by atoms with Crippen LogP contribution in [-0.4, -0.2) is 43.5 Å². The molecule has 136 valence electrons. The van der Waals surface area contributed by atoms with Crippen LogP contribution in [0.15, 0.2) is 71.6 Å². The van der Waals surface area contributed by atoms with E-state index in [1.54, 1.807) is 36.4 Å². The maximum absolute atomic E-state index is 13.1. The van der Waals surface area contributed by atoms with Crippen LogP contribution in [0, 0.1) is 0 Å². The fourth-order valence-corrected chi connectivity index (χ4v) is 4.64. The van der Waals surface area contributed by atoms with Gasteiger partial charge in [0.1, 0.15) is 11.8 Å². The van der Waals surface area contributed by atoms with Crippen molar-refractivity contribution in [1.82, 2.24) is 4.31 Å². The van der Waals surface area contributed by atoms with Gasteiger partial charge in [-0.05, 0) is 29.8 Å². The van der Waals surface area contributed by atoms with Crippen molar-refractivity contribution >= 4 is 16.0 Å². The monoisotopic (exact) mass is 373 g/mol. The number of nitrogens with zero attached hydrogens (tertiary/aromatic N) is 1. The van der Waals surface area contributed by atoms with Crippen LogP contribution in [-0.2, 0) is 14.8 Å². The molecule has 1 aliphatic rings. The van der Waals surface area contributed by atoms with Gasteiger partial charge in [0, 0.05) is 12.5 Å². The molecule has 2 aromatic rings. The van der Waals surface area contributed by atoms with E-state index in [0.717, 1.165) is 9.87 Å². The number of ether oxygens (including phenoxy) is 1. The van der Waals surface area contributed by atoms with E-state index in [2.05, 4.69) is 0 Å². The first-order valence-electron chi connectivity index (χ1n) is 8.05. The van der Waals surface area contributed by atoms with Crippen molar-refractivity contribution in [2.45, 2.75) is 16.9 Å². The van der Waals surface area contributed by atoms with Gasteiger partial charge in [-0.3, -0.25) is 4.79 Å². The zero-order valence-electron chi connectivity index (χ0n) is 14.1. The molecule has 1 heterocycles. The quantitative estimate of drug-likeness (QED) is 0.814. The first-order valence-corrected chi connectivity index (χ1v) is 9.49. The second-order valence-electron chi connectivity index (χ2n) is 5.90. The predicted octanol–water partition coefficient (Wildman–Crippen LogP) is 2.49. The van der Waals surface area contributed by atoms with Crippen LogP contribution in [0.1, 0.15) is 11.5 Å². The van der Waals surface area contributed by atoms with Gasteiger partial charge in [-0.25, -0.2) is 8.42 Å². The van der Waals surface area contributed by atoms with Crippen molar-refractivity contribution in [2.24, 2.45) is 0 Å². The number of aliphatic carboxylic acids is 1. The highest BCUT2D eigenvalue weighted by molar-refractivity contribution is 7.89. The molecule has 0 saturated carbocycles. The van der Waals surface area contributed by atoms with Gasteiger partial charge in [-0.15, -0.1) is 0 Å². The van der Waals surface area contributed by atoms with Gasteiger partial charge < -0.3 is 9.84 Å². The Balaban J connectivity index is 2.02. The minimum atomic E-state index is -3.98. The summed E-state index contributed by atoms with van der Waals surface area (Å²) in [5.74, 6) is -1.21. The molecular weight excluding hydrogens is 354 g/mol. The van der Waals surface area contributed by atoms with Crippen LogP contribution < -0.4 is 4.74 Å². The normalized spacial score (nSPS) is 20.7. The van der Waals surface area contributed by atoms with E-state index in [1.165, 1.54) is 31.4 Å². The van der Waals surface area contributed by atoms with E-state index in [9.17, 15) is 18.3 Å². The molecule has 0 fully saturated rings. The molecule has 2 atom stereocenters. The highest BCUT2D eigenvalue weighted by atomic mass is 32.2. The van der Waals surface area contributed by atoms with Crippen LogP contribution >= 0.6 is 0 Å². The van der Waals surface area contributed by atoms with Gasteiger partial charge in [0.2, 0.25) is 10.0 Å². The molecule has 3 rings (SSSR count). The lowest BCUT2D eigenvalue weighted by atomic mass is 9.89. The van der Waals surface area contributed by atoms with Crippen LogP contribution in [0.25, 0.3) is 0 Å². The van der Waals surface area contributed by atoms with Crippen molar-refractivity contribution < 1.29 is 23.1 Å². The Morgan fingerprint density at radius 1 is 1.12 bits per heavy atom. The highest BCUT2D eigenvalue weighted by Crippen LogP contribution is 2.32. The van der Waals surface area contributed by atoms with Gasteiger partial charge in [0.05, 0.1) is 12.0 Å². The molecule has 0 spiro atoms. The zero-order valence-corrected chi connectivity index (χ0v) is 15.0. The lowest BCUT2D eigenvalue weighted by Crippen LogP contribution is -2.49. The summed E-state index contributed by atoms with van der Waals surface area (Å²) in [4.78, 5) is 12.0. The molecule has 1 aliphatic heterocycles. The number of rotatable bonds is 5. The summed E-state index contributed by atoms with van der Waals surface area (Å²) >= 11 is 0. The van der Waals surface area contributed by atoms with E-state index in [1.807, 2.05) is 6.07 Å². The predicted molar refractivity (Wildman–Crippen MR) is 96.6 cm³/mol. The summed E-state index contributed by atoms with van der Waals surface area (Å²) in [6.07, 6.45) is 3.45. The largest absolute Gasteiger partial charge is 0.497 e. The summed E-state index contributed by atoms with van der Waals surface area (Å²) in [6, 6.07) is 13.7. The summed E-state index contributed by atoms with van der Waals surface area (Å²) < 4.78 is 32.2.